The SMILES string of the molecule is CCCC1CC(=O)N(Cc2ccoc2C(=O)O)C1. The lowest BCUT2D eigenvalue weighted by atomic mass is 10.0. The number of likely N-dealkylation sites (tertiary alicyclic amines) is 1. The first-order valence-electron chi connectivity index (χ1n) is 6.19. The zero-order valence-corrected chi connectivity index (χ0v) is 10.4. The molecule has 1 atom stereocenters. The summed E-state index contributed by atoms with van der Waals surface area (Å²) in [6.07, 6.45) is 4.04. The highest BCUT2D eigenvalue weighted by Gasteiger charge is 2.30. The van der Waals surface area contributed by atoms with E-state index in [1.165, 1.54) is 6.26 Å². The van der Waals surface area contributed by atoms with Gasteiger partial charge < -0.3 is 14.4 Å². The molecular formula is C13H17NO4. The smallest absolute Gasteiger partial charge is 0.372 e. The van der Waals surface area contributed by atoms with E-state index >= 15 is 0 Å². The second kappa shape index (κ2) is 5.25. The molecule has 5 heteroatoms. The molecule has 1 aliphatic heterocycles. The van der Waals surface area contributed by atoms with E-state index in [-0.39, 0.29) is 11.7 Å². The topological polar surface area (TPSA) is 70.8 Å². The van der Waals surface area contributed by atoms with E-state index in [0.717, 1.165) is 19.4 Å². The van der Waals surface area contributed by atoms with Gasteiger partial charge in [-0.3, -0.25) is 4.79 Å². The summed E-state index contributed by atoms with van der Waals surface area (Å²) in [6.45, 7) is 3.15. The van der Waals surface area contributed by atoms with Gasteiger partial charge in [0.25, 0.3) is 0 Å². The predicted octanol–water partition coefficient (Wildman–Crippen LogP) is 2.13. The van der Waals surface area contributed by atoms with Crippen LogP contribution >= 0.6 is 0 Å². The molecule has 1 aromatic rings. The molecule has 0 spiro atoms. The molecule has 0 radical (unpaired) electrons. The van der Waals surface area contributed by atoms with Gasteiger partial charge in [-0.05, 0) is 18.4 Å². The molecule has 2 rings (SSSR count). The fraction of sp³-hybridized carbons (Fsp3) is 0.538. The van der Waals surface area contributed by atoms with Crippen LogP contribution < -0.4 is 0 Å². The minimum atomic E-state index is -1.09. The summed E-state index contributed by atoms with van der Waals surface area (Å²) in [5.41, 5.74) is 0.563. The third-order valence-corrected chi connectivity index (χ3v) is 3.29. The number of nitrogens with zero attached hydrogens (tertiary/aromatic N) is 1. The Morgan fingerprint density at radius 2 is 2.39 bits per heavy atom. The Bertz CT molecular complexity index is 452. The van der Waals surface area contributed by atoms with E-state index in [1.807, 2.05) is 0 Å². The molecule has 1 aliphatic rings. The number of furan rings is 1. The van der Waals surface area contributed by atoms with Gasteiger partial charge in [0, 0.05) is 25.1 Å². The first-order valence-corrected chi connectivity index (χ1v) is 6.19. The second-order valence-electron chi connectivity index (χ2n) is 4.71. The molecule has 0 aliphatic carbocycles. The first kappa shape index (κ1) is 12.7. The number of carboxylic acids is 1. The zero-order valence-electron chi connectivity index (χ0n) is 10.4. The van der Waals surface area contributed by atoms with Crippen molar-refractivity contribution >= 4 is 11.9 Å². The van der Waals surface area contributed by atoms with Gasteiger partial charge in [-0.15, -0.1) is 0 Å². The van der Waals surface area contributed by atoms with E-state index in [0.29, 0.717) is 24.4 Å². The Hall–Kier alpha value is -1.78. The highest BCUT2D eigenvalue weighted by atomic mass is 16.4. The van der Waals surface area contributed by atoms with Crippen molar-refractivity contribution in [1.82, 2.24) is 4.90 Å². The van der Waals surface area contributed by atoms with Crippen molar-refractivity contribution in [3.8, 4) is 0 Å². The van der Waals surface area contributed by atoms with Crippen LogP contribution in [0.15, 0.2) is 16.7 Å². The van der Waals surface area contributed by atoms with Crippen LogP contribution in [0.1, 0.15) is 42.3 Å². The number of amides is 1. The van der Waals surface area contributed by atoms with Gasteiger partial charge in [-0.25, -0.2) is 4.79 Å². The monoisotopic (exact) mass is 251 g/mol. The second-order valence-corrected chi connectivity index (χ2v) is 4.71. The summed E-state index contributed by atoms with van der Waals surface area (Å²) in [7, 11) is 0. The van der Waals surface area contributed by atoms with Crippen molar-refractivity contribution in [3.63, 3.8) is 0 Å². The molecule has 0 saturated carbocycles. The third kappa shape index (κ3) is 2.55. The maximum Gasteiger partial charge on any atom is 0.372 e. The normalized spacial score (nSPS) is 19.5. The highest BCUT2D eigenvalue weighted by Crippen LogP contribution is 2.24. The highest BCUT2D eigenvalue weighted by molar-refractivity contribution is 5.86. The van der Waals surface area contributed by atoms with Crippen molar-refractivity contribution in [2.75, 3.05) is 6.54 Å². The van der Waals surface area contributed by atoms with Crippen molar-refractivity contribution in [2.45, 2.75) is 32.7 Å². The van der Waals surface area contributed by atoms with E-state index < -0.39 is 5.97 Å². The lowest BCUT2D eigenvalue weighted by Crippen LogP contribution is -2.25. The molecule has 2 heterocycles. The summed E-state index contributed by atoms with van der Waals surface area (Å²) in [5.74, 6) is -0.651. The van der Waals surface area contributed by atoms with Gasteiger partial charge in [0.2, 0.25) is 11.7 Å². The van der Waals surface area contributed by atoms with E-state index in [9.17, 15) is 9.59 Å². The number of hydrogen-bond acceptors (Lipinski definition) is 3. The maximum atomic E-state index is 11.8. The lowest BCUT2D eigenvalue weighted by molar-refractivity contribution is -0.128. The van der Waals surface area contributed by atoms with Crippen molar-refractivity contribution in [3.05, 3.63) is 23.7 Å². The van der Waals surface area contributed by atoms with E-state index in [2.05, 4.69) is 6.92 Å². The van der Waals surface area contributed by atoms with Crippen LogP contribution in [-0.2, 0) is 11.3 Å². The van der Waals surface area contributed by atoms with Crippen LogP contribution in [0.4, 0.5) is 0 Å². The Labute approximate surface area is 105 Å². The fourth-order valence-electron chi connectivity index (χ4n) is 2.46. The minimum absolute atomic E-state index is 0.0678. The van der Waals surface area contributed by atoms with Crippen LogP contribution in [0.2, 0.25) is 0 Å². The fourth-order valence-corrected chi connectivity index (χ4v) is 2.46. The zero-order chi connectivity index (χ0) is 13.1. The number of hydrogen-bond donors (Lipinski definition) is 1. The van der Waals surface area contributed by atoms with Crippen molar-refractivity contribution in [1.29, 1.82) is 0 Å². The summed E-state index contributed by atoms with van der Waals surface area (Å²) in [4.78, 5) is 24.4. The molecule has 0 bridgehead atoms. The quantitative estimate of drug-likeness (QED) is 0.870. The van der Waals surface area contributed by atoms with Gasteiger partial charge in [0.1, 0.15) is 0 Å². The van der Waals surface area contributed by atoms with E-state index in [4.69, 9.17) is 9.52 Å². The number of carboxylic acid groups (broad SMARTS) is 1. The largest absolute Gasteiger partial charge is 0.475 e. The van der Waals surface area contributed by atoms with Gasteiger partial charge in [-0.2, -0.15) is 0 Å². The standard InChI is InChI=1S/C13H17NO4/c1-2-3-9-6-11(15)14(7-9)8-10-4-5-18-12(10)13(16)17/h4-5,9H,2-3,6-8H2,1H3,(H,16,17). The number of carbonyl (C=O) groups is 2. The Kier molecular flexibility index (Phi) is 3.69. The molecule has 1 fully saturated rings. The first-order chi connectivity index (χ1) is 8.61. The van der Waals surface area contributed by atoms with Crippen LogP contribution in [0, 0.1) is 5.92 Å². The predicted molar refractivity (Wildman–Crippen MR) is 64.1 cm³/mol. The molecule has 18 heavy (non-hydrogen) atoms. The molecule has 5 nitrogen and oxygen atoms in total. The maximum absolute atomic E-state index is 11.8. The number of carbonyl (C=O) groups excluding carboxylic acids is 1. The third-order valence-electron chi connectivity index (χ3n) is 3.29. The Morgan fingerprint density at radius 1 is 1.61 bits per heavy atom. The van der Waals surface area contributed by atoms with E-state index in [1.54, 1.807) is 11.0 Å². The Balaban J connectivity index is 2.03. The Morgan fingerprint density at radius 3 is 3.06 bits per heavy atom. The molecular weight excluding hydrogens is 234 g/mol. The molecule has 98 valence electrons. The van der Waals surface area contributed by atoms with Gasteiger partial charge in [0.05, 0.1) is 6.26 Å². The van der Waals surface area contributed by atoms with Crippen molar-refractivity contribution < 1.29 is 19.1 Å². The van der Waals surface area contributed by atoms with Crippen LogP contribution in [0.25, 0.3) is 0 Å². The average molecular weight is 251 g/mol. The number of rotatable bonds is 5. The molecule has 1 amide bonds. The van der Waals surface area contributed by atoms with Crippen molar-refractivity contribution in [2.24, 2.45) is 5.92 Å². The lowest BCUT2D eigenvalue weighted by Gasteiger charge is -2.15. The summed E-state index contributed by atoms with van der Waals surface area (Å²) >= 11 is 0. The summed E-state index contributed by atoms with van der Waals surface area (Å²) in [6, 6.07) is 1.61. The summed E-state index contributed by atoms with van der Waals surface area (Å²) in [5, 5.41) is 8.93. The molecule has 1 saturated heterocycles. The van der Waals surface area contributed by atoms with Gasteiger partial charge >= 0.3 is 5.97 Å². The van der Waals surface area contributed by atoms with Gasteiger partial charge in [0.15, 0.2) is 0 Å². The van der Waals surface area contributed by atoms with Gasteiger partial charge in [-0.1, -0.05) is 13.3 Å². The van der Waals surface area contributed by atoms with Crippen LogP contribution in [0.3, 0.4) is 0 Å². The van der Waals surface area contributed by atoms with Crippen LogP contribution in [0.5, 0.6) is 0 Å². The number of aromatic carboxylic acids is 1. The molecule has 0 aromatic carbocycles. The summed E-state index contributed by atoms with van der Waals surface area (Å²) < 4.78 is 4.91. The minimum Gasteiger partial charge on any atom is -0.475 e. The molecule has 1 aromatic heterocycles. The average Bonchev–Trinajstić information content (AvgIpc) is 2.88. The molecule has 1 N–H and O–H groups in total. The molecule has 1 unspecified atom stereocenters. The van der Waals surface area contributed by atoms with Crippen LogP contribution in [-0.4, -0.2) is 28.4 Å².